The summed E-state index contributed by atoms with van der Waals surface area (Å²) in [7, 11) is 8.50. The molecule has 6 rings (SSSR count). The second-order valence-electron chi connectivity index (χ2n) is 13.3. The number of aliphatic hydroxyl groups is 1. The number of rotatable bonds is 2. The van der Waals surface area contributed by atoms with E-state index in [-0.39, 0.29) is 11.8 Å². The first-order valence-electron chi connectivity index (χ1n) is 20.5. The van der Waals surface area contributed by atoms with Crippen molar-refractivity contribution in [3.8, 4) is 0 Å². The maximum Gasteiger partial charge on any atom is 0.302 e. The highest BCUT2D eigenvalue weighted by Crippen LogP contribution is 1.95. The molecule has 0 aromatic heterocycles. The molecular weight excluding hydrogens is 753 g/mol. The maximum atomic E-state index is 9.82. The van der Waals surface area contributed by atoms with Gasteiger partial charge < -0.3 is 25.3 Å². The summed E-state index contributed by atoms with van der Waals surface area (Å²) in [5.41, 5.74) is 12.4. The standard InChI is InChI=1S/6C7H8.C4H8O2.C4H8O.C3H9N.CH5N.CH4O/c6*1-7-5-3-2-4-6-7;1-3-6-4(2)5;1-3-4(2)5;1-4(2)3;2*1-2/h6*2-6H,1H3;3H2,1-2H3;3H2,1-2H3;1-3H3;2H2,1H3;2H,1H3. The van der Waals surface area contributed by atoms with Crippen LogP contribution < -0.4 is 5.73 Å². The van der Waals surface area contributed by atoms with Gasteiger partial charge in [-0.25, -0.2) is 0 Å². The summed E-state index contributed by atoms with van der Waals surface area (Å²) < 4.78 is 4.40. The Morgan fingerprint density at radius 3 is 0.590 bits per heavy atom. The van der Waals surface area contributed by atoms with E-state index in [9.17, 15) is 9.59 Å². The van der Waals surface area contributed by atoms with E-state index in [1.807, 2.05) is 142 Å². The third-order valence-corrected chi connectivity index (χ3v) is 6.49. The molecule has 3 N–H and O–H groups in total. The van der Waals surface area contributed by atoms with Crippen LogP contribution in [-0.4, -0.2) is 63.7 Å². The molecule has 0 aliphatic heterocycles. The first-order valence-corrected chi connectivity index (χ1v) is 20.5. The van der Waals surface area contributed by atoms with Crippen LogP contribution in [0.25, 0.3) is 0 Å². The first kappa shape index (κ1) is 64.5. The third-order valence-electron chi connectivity index (χ3n) is 6.49. The zero-order valence-electron chi connectivity index (χ0n) is 40.4. The summed E-state index contributed by atoms with van der Waals surface area (Å²) >= 11 is 0. The second kappa shape index (κ2) is 52.4. The van der Waals surface area contributed by atoms with Gasteiger partial charge in [-0.3, -0.25) is 4.79 Å². The van der Waals surface area contributed by atoms with E-state index in [2.05, 4.69) is 125 Å². The highest BCUT2D eigenvalue weighted by Gasteiger charge is 1.82. The van der Waals surface area contributed by atoms with Crippen molar-refractivity contribution in [2.45, 2.75) is 75.7 Å². The minimum Gasteiger partial charge on any atom is -0.466 e. The Bertz CT molecular complexity index is 1390. The molecule has 0 amide bonds. The molecule has 0 unspecified atom stereocenters. The van der Waals surface area contributed by atoms with E-state index >= 15 is 0 Å². The number of esters is 1. The first-order chi connectivity index (χ1) is 29.1. The van der Waals surface area contributed by atoms with Gasteiger partial charge in [0.25, 0.3) is 0 Å². The zero-order valence-corrected chi connectivity index (χ0v) is 40.4. The Balaban J connectivity index is -0.000000192. The van der Waals surface area contributed by atoms with Crippen LogP contribution in [0.5, 0.6) is 0 Å². The van der Waals surface area contributed by atoms with Gasteiger partial charge in [-0.05, 0) is 83.6 Å². The van der Waals surface area contributed by atoms with Crippen LogP contribution in [0.1, 0.15) is 67.5 Å². The molecule has 0 spiro atoms. The molecular formula is C55H82N2O4. The fourth-order valence-electron chi connectivity index (χ4n) is 3.41. The van der Waals surface area contributed by atoms with Gasteiger partial charge >= 0.3 is 5.97 Å². The lowest BCUT2D eigenvalue weighted by molar-refractivity contribution is -0.140. The molecule has 0 fully saturated rings. The number of nitrogens with two attached hydrogens (primary N) is 1. The number of nitrogens with zero attached hydrogens (tertiary/aromatic N) is 1. The van der Waals surface area contributed by atoms with Gasteiger partial charge in [-0.2, -0.15) is 0 Å². The minimum atomic E-state index is -0.211. The van der Waals surface area contributed by atoms with Crippen molar-refractivity contribution >= 4 is 11.8 Å². The molecule has 6 heteroatoms. The number of aliphatic hydroxyl groups excluding tert-OH is 1. The smallest absolute Gasteiger partial charge is 0.302 e. The van der Waals surface area contributed by atoms with Gasteiger partial charge in [0.2, 0.25) is 0 Å². The molecule has 0 radical (unpaired) electrons. The van der Waals surface area contributed by atoms with Crippen molar-refractivity contribution in [1.82, 2.24) is 4.90 Å². The lowest BCUT2D eigenvalue weighted by atomic mass is 10.2. The van der Waals surface area contributed by atoms with Crippen LogP contribution in [-0.2, 0) is 14.3 Å². The van der Waals surface area contributed by atoms with Gasteiger partial charge in [0.1, 0.15) is 5.78 Å². The molecule has 0 heterocycles. The number of benzene rings is 6. The Hall–Kier alpha value is -5.66. The molecule has 6 aromatic carbocycles. The number of Topliss-reactive ketones (excluding diaryl/α,β-unsaturated/α-hetero) is 1. The monoisotopic (exact) mass is 835 g/mol. The summed E-state index contributed by atoms with van der Waals surface area (Å²) in [4.78, 5) is 21.6. The van der Waals surface area contributed by atoms with E-state index in [4.69, 9.17) is 5.11 Å². The summed E-state index contributed by atoms with van der Waals surface area (Å²) in [5.74, 6) is 0.0440. The van der Waals surface area contributed by atoms with E-state index in [0.717, 1.165) is 7.11 Å². The molecule has 0 atom stereocenters. The van der Waals surface area contributed by atoms with E-state index in [1.54, 1.807) is 13.8 Å². The van der Waals surface area contributed by atoms with Gasteiger partial charge in [0.05, 0.1) is 6.61 Å². The fraction of sp³-hybridized carbons (Fsp3) is 0.309. The number of hydrogen-bond acceptors (Lipinski definition) is 6. The average Bonchev–Trinajstić information content (AvgIpc) is 3.25. The lowest BCUT2D eigenvalue weighted by Crippen LogP contribution is -1.99. The molecule has 6 aromatic rings. The molecule has 6 nitrogen and oxygen atoms in total. The number of ketones is 1. The van der Waals surface area contributed by atoms with Crippen molar-refractivity contribution in [1.29, 1.82) is 0 Å². The second-order valence-corrected chi connectivity index (χ2v) is 13.3. The molecule has 0 saturated heterocycles. The average molecular weight is 835 g/mol. The Labute approximate surface area is 373 Å². The third kappa shape index (κ3) is 66.4. The molecule has 336 valence electrons. The molecule has 0 bridgehead atoms. The predicted molar refractivity (Wildman–Crippen MR) is 268 cm³/mol. The number of ether oxygens (including phenoxy) is 1. The number of carbonyl (C=O) groups excluding carboxylic acids is 2. The van der Waals surface area contributed by atoms with E-state index in [0.29, 0.717) is 13.0 Å². The van der Waals surface area contributed by atoms with Crippen LogP contribution in [0.15, 0.2) is 182 Å². The summed E-state index contributed by atoms with van der Waals surface area (Å²) in [6.45, 7) is 19.6. The molecule has 0 aliphatic rings. The maximum absolute atomic E-state index is 9.82. The van der Waals surface area contributed by atoms with Crippen LogP contribution in [0.4, 0.5) is 0 Å². The topological polar surface area (TPSA) is 92.9 Å². The van der Waals surface area contributed by atoms with Gasteiger partial charge in [-0.15, -0.1) is 0 Å². The summed E-state index contributed by atoms with van der Waals surface area (Å²) in [6, 6.07) is 61.6. The van der Waals surface area contributed by atoms with Crippen molar-refractivity contribution in [3.05, 3.63) is 215 Å². The lowest BCUT2D eigenvalue weighted by Gasteiger charge is -1.90. The van der Waals surface area contributed by atoms with E-state index < -0.39 is 0 Å². The summed E-state index contributed by atoms with van der Waals surface area (Å²) in [6.07, 6.45) is 0.667. The van der Waals surface area contributed by atoms with Crippen LogP contribution in [0.2, 0.25) is 0 Å². The molecule has 0 aliphatic carbocycles. The molecule has 0 saturated carbocycles. The van der Waals surface area contributed by atoms with Crippen molar-refractivity contribution in [3.63, 3.8) is 0 Å². The van der Waals surface area contributed by atoms with Crippen molar-refractivity contribution in [2.75, 3.05) is 41.9 Å². The van der Waals surface area contributed by atoms with Crippen LogP contribution in [0, 0.1) is 41.5 Å². The summed E-state index contributed by atoms with van der Waals surface area (Å²) in [5, 5.41) is 7.00. The number of aryl methyl sites for hydroxylation is 6. The molecule has 61 heavy (non-hydrogen) atoms. The highest BCUT2D eigenvalue weighted by molar-refractivity contribution is 5.74. The van der Waals surface area contributed by atoms with Gasteiger partial charge in [0.15, 0.2) is 0 Å². The minimum absolute atomic E-state index is 0.211. The quantitative estimate of drug-likeness (QED) is 0.169. The highest BCUT2D eigenvalue weighted by atomic mass is 16.5. The largest absolute Gasteiger partial charge is 0.466 e. The van der Waals surface area contributed by atoms with Crippen molar-refractivity contribution < 1.29 is 19.4 Å². The normalized spacial score (nSPS) is 8.16. The number of carbonyl (C=O) groups is 2. The van der Waals surface area contributed by atoms with Gasteiger partial charge in [0, 0.05) is 20.5 Å². The van der Waals surface area contributed by atoms with Crippen LogP contribution in [0.3, 0.4) is 0 Å². The van der Waals surface area contributed by atoms with Crippen molar-refractivity contribution in [2.24, 2.45) is 5.73 Å². The number of hydrogen-bond donors (Lipinski definition) is 2. The predicted octanol–water partition coefficient (Wildman–Crippen LogP) is 12.9. The Morgan fingerprint density at radius 2 is 0.557 bits per heavy atom. The zero-order chi connectivity index (χ0) is 47.5. The van der Waals surface area contributed by atoms with E-state index in [1.165, 1.54) is 47.4 Å². The Morgan fingerprint density at radius 1 is 0.426 bits per heavy atom. The van der Waals surface area contributed by atoms with Gasteiger partial charge in [-0.1, -0.05) is 222 Å². The Kier molecular flexibility index (Phi) is 55.3. The van der Waals surface area contributed by atoms with Crippen LogP contribution >= 0.6 is 0 Å². The SMILES string of the molecule is CCC(C)=O.CCOC(C)=O.CN.CN(C)C.CO.Cc1ccccc1.Cc1ccccc1.Cc1ccccc1.Cc1ccccc1.Cc1ccccc1.Cc1ccccc1. The fourth-order valence-corrected chi connectivity index (χ4v) is 3.41.